The molecule has 0 aliphatic carbocycles. The Bertz CT molecular complexity index is 218. The first-order chi connectivity index (χ1) is 7.67. The molecule has 1 aliphatic rings. The highest BCUT2D eigenvalue weighted by Crippen LogP contribution is 2.19. The minimum Gasteiger partial charge on any atom is -0.342 e. The SMILES string of the molecule is CCCC(C)CC(=O)N1CCC(CNC)C1. The third-order valence-electron chi connectivity index (χ3n) is 3.44. The van der Waals surface area contributed by atoms with Crippen molar-refractivity contribution < 1.29 is 4.79 Å². The lowest BCUT2D eigenvalue weighted by Crippen LogP contribution is -2.31. The molecule has 1 aliphatic heterocycles. The van der Waals surface area contributed by atoms with Crippen LogP contribution in [0.15, 0.2) is 0 Å². The molecule has 1 fully saturated rings. The molecule has 0 saturated carbocycles. The van der Waals surface area contributed by atoms with Gasteiger partial charge < -0.3 is 10.2 Å². The van der Waals surface area contributed by atoms with Crippen molar-refractivity contribution in [3.63, 3.8) is 0 Å². The molecule has 2 unspecified atom stereocenters. The van der Waals surface area contributed by atoms with Crippen molar-refractivity contribution in [3.05, 3.63) is 0 Å². The number of nitrogens with zero attached hydrogens (tertiary/aromatic N) is 1. The molecule has 16 heavy (non-hydrogen) atoms. The highest BCUT2D eigenvalue weighted by Gasteiger charge is 2.26. The molecule has 0 aromatic heterocycles. The second-order valence-electron chi connectivity index (χ2n) is 5.15. The molecule has 1 amide bonds. The number of amides is 1. The summed E-state index contributed by atoms with van der Waals surface area (Å²) in [5.41, 5.74) is 0. The van der Waals surface area contributed by atoms with Crippen LogP contribution in [0.1, 0.15) is 39.5 Å². The van der Waals surface area contributed by atoms with Crippen molar-refractivity contribution in [1.29, 1.82) is 0 Å². The molecule has 3 nitrogen and oxygen atoms in total. The lowest BCUT2D eigenvalue weighted by atomic mass is 10.0. The molecule has 94 valence electrons. The molecular weight excluding hydrogens is 200 g/mol. The fourth-order valence-electron chi connectivity index (χ4n) is 2.54. The van der Waals surface area contributed by atoms with Crippen LogP contribution in [0.4, 0.5) is 0 Å². The normalized spacial score (nSPS) is 22.4. The Morgan fingerprint density at radius 3 is 2.94 bits per heavy atom. The molecule has 1 saturated heterocycles. The summed E-state index contributed by atoms with van der Waals surface area (Å²) in [7, 11) is 1.98. The predicted octanol–water partition coefficient (Wildman–Crippen LogP) is 1.88. The zero-order valence-electron chi connectivity index (χ0n) is 11.0. The molecule has 0 aromatic carbocycles. The van der Waals surface area contributed by atoms with E-state index >= 15 is 0 Å². The van der Waals surface area contributed by atoms with Gasteiger partial charge in [-0.25, -0.2) is 0 Å². The number of hydrogen-bond donors (Lipinski definition) is 1. The van der Waals surface area contributed by atoms with Crippen molar-refractivity contribution in [2.45, 2.75) is 39.5 Å². The lowest BCUT2D eigenvalue weighted by Gasteiger charge is -2.19. The van der Waals surface area contributed by atoms with E-state index in [9.17, 15) is 4.79 Å². The quantitative estimate of drug-likeness (QED) is 0.750. The Morgan fingerprint density at radius 1 is 1.56 bits per heavy atom. The molecule has 0 aromatic rings. The van der Waals surface area contributed by atoms with Crippen LogP contribution in [0.2, 0.25) is 0 Å². The average Bonchev–Trinajstić information content (AvgIpc) is 2.67. The first-order valence-corrected chi connectivity index (χ1v) is 6.59. The van der Waals surface area contributed by atoms with E-state index in [1.165, 1.54) is 12.8 Å². The van der Waals surface area contributed by atoms with Crippen LogP contribution in [-0.2, 0) is 4.79 Å². The summed E-state index contributed by atoms with van der Waals surface area (Å²) >= 11 is 0. The molecule has 3 heteroatoms. The Balaban J connectivity index is 2.27. The summed E-state index contributed by atoms with van der Waals surface area (Å²) in [6.45, 7) is 7.32. The highest BCUT2D eigenvalue weighted by atomic mass is 16.2. The second-order valence-corrected chi connectivity index (χ2v) is 5.15. The van der Waals surface area contributed by atoms with Crippen molar-refractivity contribution in [2.75, 3.05) is 26.7 Å². The van der Waals surface area contributed by atoms with Gasteiger partial charge in [-0.2, -0.15) is 0 Å². The van der Waals surface area contributed by atoms with Crippen LogP contribution in [0, 0.1) is 11.8 Å². The van der Waals surface area contributed by atoms with E-state index < -0.39 is 0 Å². The van der Waals surface area contributed by atoms with Gasteiger partial charge in [0.25, 0.3) is 0 Å². The average molecular weight is 226 g/mol. The molecule has 1 heterocycles. The number of carbonyl (C=O) groups excluding carboxylic acids is 1. The van der Waals surface area contributed by atoms with Crippen LogP contribution in [0.25, 0.3) is 0 Å². The van der Waals surface area contributed by atoms with Gasteiger partial charge in [-0.3, -0.25) is 4.79 Å². The number of likely N-dealkylation sites (tertiary alicyclic amines) is 1. The second kappa shape index (κ2) is 6.89. The Labute approximate surface area is 99.6 Å². The van der Waals surface area contributed by atoms with Crippen molar-refractivity contribution in [1.82, 2.24) is 10.2 Å². The summed E-state index contributed by atoms with van der Waals surface area (Å²) in [6.07, 6.45) is 4.24. The van der Waals surface area contributed by atoms with Crippen LogP contribution < -0.4 is 5.32 Å². The topological polar surface area (TPSA) is 32.3 Å². The first kappa shape index (κ1) is 13.5. The number of rotatable bonds is 6. The van der Waals surface area contributed by atoms with Gasteiger partial charge >= 0.3 is 0 Å². The molecule has 0 spiro atoms. The fraction of sp³-hybridized carbons (Fsp3) is 0.923. The molecule has 0 radical (unpaired) electrons. The Morgan fingerprint density at radius 2 is 2.31 bits per heavy atom. The van der Waals surface area contributed by atoms with Gasteiger partial charge in [-0.05, 0) is 31.8 Å². The van der Waals surface area contributed by atoms with Gasteiger partial charge in [0.15, 0.2) is 0 Å². The number of hydrogen-bond acceptors (Lipinski definition) is 2. The Kier molecular flexibility index (Phi) is 5.81. The summed E-state index contributed by atoms with van der Waals surface area (Å²) in [5, 5.41) is 3.19. The van der Waals surface area contributed by atoms with E-state index in [4.69, 9.17) is 0 Å². The molecule has 1 N–H and O–H groups in total. The lowest BCUT2D eigenvalue weighted by molar-refractivity contribution is -0.131. The van der Waals surface area contributed by atoms with Gasteiger partial charge in [-0.15, -0.1) is 0 Å². The molecule has 2 atom stereocenters. The maximum absolute atomic E-state index is 12.0. The van der Waals surface area contributed by atoms with E-state index in [1.807, 2.05) is 11.9 Å². The van der Waals surface area contributed by atoms with E-state index in [0.29, 0.717) is 17.7 Å². The summed E-state index contributed by atoms with van der Waals surface area (Å²) in [4.78, 5) is 14.0. The highest BCUT2D eigenvalue weighted by molar-refractivity contribution is 5.76. The zero-order chi connectivity index (χ0) is 12.0. The van der Waals surface area contributed by atoms with Crippen molar-refractivity contribution in [3.8, 4) is 0 Å². The summed E-state index contributed by atoms with van der Waals surface area (Å²) in [5.74, 6) is 1.57. The third kappa shape index (κ3) is 4.12. The van der Waals surface area contributed by atoms with E-state index in [1.54, 1.807) is 0 Å². The summed E-state index contributed by atoms with van der Waals surface area (Å²) in [6, 6.07) is 0. The minimum absolute atomic E-state index is 0.361. The monoisotopic (exact) mass is 226 g/mol. The van der Waals surface area contributed by atoms with Crippen molar-refractivity contribution in [2.24, 2.45) is 11.8 Å². The third-order valence-corrected chi connectivity index (χ3v) is 3.44. The molecule has 1 rings (SSSR count). The maximum Gasteiger partial charge on any atom is 0.222 e. The van der Waals surface area contributed by atoms with Gasteiger partial charge in [0.1, 0.15) is 0 Å². The van der Waals surface area contributed by atoms with Crippen LogP contribution in [0.3, 0.4) is 0 Å². The fourth-order valence-corrected chi connectivity index (χ4v) is 2.54. The predicted molar refractivity (Wildman–Crippen MR) is 67.3 cm³/mol. The number of carbonyl (C=O) groups is 1. The molecule has 0 bridgehead atoms. The van der Waals surface area contributed by atoms with Gasteiger partial charge in [0.2, 0.25) is 5.91 Å². The summed E-state index contributed by atoms with van der Waals surface area (Å²) < 4.78 is 0. The van der Waals surface area contributed by atoms with Crippen LogP contribution in [0.5, 0.6) is 0 Å². The minimum atomic E-state index is 0.361. The largest absolute Gasteiger partial charge is 0.342 e. The first-order valence-electron chi connectivity index (χ1n) is 6.59. The van der Waals surface area contributed by atoms with E-state index in [-0.39, 0.29) is 0 Å². The van der Waals surface area contributed by atoms with Crippen LogP contribution >= 0.6 is 0 Å². The van der Waals surface area contributed by atoms with Gasteiger partial charge in [0, 0.05) is 19.5 Å². The van der Waals surface area contributed by atoms with Gasteiger partial charge in [-0.1, -0.05) is 26.7 Å². The van der Waals surface area contributed by atoms with Crippen LogP contribution in [-0.4, -0.2) is 37.5 Å². The van der Waals surface area contributed by atoms with E-state index in [0.717, 1.165) is 32.5 Å². The smallest absolute Gasteiger partial charge is 0.222 e. The number of nitrogens with one attached hydrogen (secondary N) is 1. The van der Waals surface area contributed by atoms with Crippen molar-refractivity contribution >= 4 is 5.91 Å². The maximum atomic E-state index is 12.0. The standard InChI is InChI=1S/C13H26N2O/c1-4-5-11(2)8-13(16)15-7-6-12(10-15)9-14-3/h11-12,14H,4-10H2,1-3H3. The van der Waals surface area contributed by atoms with E-state index in [2.05, 4.69) is 19.2 Å². The Hall–Kier alpha value is -0.570. The van der Waals surface area contributed by atoms with Gasteiger partial charge in [0.05, 0.1) is 0 Å². The zero-order valence-corrected chi connectivity index (χ0v) is 11.0. The molecular formula is C13H26N2O.